The second-order valence-electron chi connectivity index (χ2n) is 8.92. The number of rotatable bonds is 16. The van der Waals surface area contributed by atoms with Crippen LogP contribution in [0, 0.1) is 5.41 Å². The molecule has 26 heavy (non-hydrogen) atoms. The van der Waals surface area contributed by atoms with Crippen LogP contribution in [0.4, 0.5) is 0 Å². The summed E-state index contributed by atoms with van der Waals surface area (Å²) in [6.45, 7) is 10.3. The number of hydrogen-bond acceptors (Lipinski definition) is 2. The van der Waals surface area contributed by atoms with E-state index in [1.165, 1.54) is 97.2 Å². The van der Waals surface area contributed by atoms with Crippen LogP contribution in [0.25, 0.3) is 0 Å². The highest BCUT2D eigenvalue weighted by atomic mass is 31.1. The van der Waals surface area contributed by atoms with Crippen molar-refractivity contribution in [1.29, 1.82) is 0 Å². The molecular formula is C22H44N3P. The van der Waals surface area contributed by atoms with Crippen LogP contribution in [0.2, 0.25) is 0 Å². The maximum Gasteiger partial charge on any atom is 0.0827 e. The Morgan fingerprint density at radius 3 is 2.19 bits per heavy atom. The van der Waals surface area contributed by atoms with Gasteiger partial charge in [0.25, 0.3) is 0 Å². The van der Waals surface area contributed by atoms with Crippen LogP contribution in [0.1, 0.15) is 104 Å². The molecule has 152 valence electrons. The smallest absolute Gasteiger partial charge is 0.0827 e. The van der Waals surface area contributed by atoms with Crippen molar-refractivity contribution in [3.63, 3.8) is 0 Å². The minimum absolute atomic E-state index is 0.451. The van der Waals surface area contributed by atoms with Gasteiger partial charge >= 0.3 is 0 Å². The molecule has 3 nitrogen and oxygen atoms in total. The van der Waals surface area contributed by atoms with E-state index in [-0.39, 0.29) is 0 Å². The van der Waals surface area contributed by atoms with Crippen molar-refractivity contribution in [3.05, 3.63) is 11.9 Å². The van der Waals surface area contributed by atoms with E-state index in [0.717, 1.165) is 13.0 Å². The predicted molar refractivity (Wildman–Crippen MR) is 118 cm³/mol. The van der Waals surface area contributed by atoms with Crippen molar-refractivity contribution < 1.29 is 0 Å². The average Bonchev–Trinajstić information content (AvgIpc) is 3.03. The first-order chi connectivity index (χ1) is 12.5. The van der Waals surface area contributed by atoms with Crippen molar-refractivity contribution in [2.75, 3.05) is 12.3 Å². The minimum atomic E-state index is 0.451. The van der Waals surface area contributed by atoms with Crippen molar-refractivity contribution in [2.45, 2.75) is 111 Å². The molecule has 0 fully saturated rings. The molecule has 1 aromatic rings. The van der Waals surface area contributed by atoms with Gasteiger partial charge in [-0.3, -0.25) is 4.68 Å². The van der Waals surface area contributed by atoms with Crippen LogP contribution < -0.4 is 0 Å². The number of unbranched alkanes of at least 4 members (excludes halogenated alkanes) is 8. The first kappa shape index (κ1) is 23.6. The van der Waals surface area contributed by atoms with Crippen LogP contribution in [0.3, 0.4) is 0 Å². The fourth-order valence-corrected chi connectivity index (χ4v) is 4.14. The van der Waals surface area contributed by atoms with Crippen molar-refractivity contribution in [3.8, 4) is 0 Å². The molecule has 1 aromatic heterocycles. The van der Waals surface area contributed by atoms with Gasteiger partial charge in [0, 0.05) is 12.7 Å². The van der Waals surface area contributed by atoms with Crippen LogP contribution in [0.5, 0.6) is 0 Å². The molecule has 1 atom stereocenters. The van der Waals surface area contributed by atoms with Crippen LogP contribution in [0.15, 0.2) is 6.20 Å². The first-order valence-corrected chi connectivity index (χ1v) is 12.5. The summed E-state index contributed by atoms with van der Waals surface area (Å²) in [5.74, 6) is 0. The lowest BCUT2D eigenvalue weighted by atomic mass is 9.89. The van der Waals surface area contributed by atoms with Gasteiger partial charge in [0.15, 0.2) is 0 Å². The molecular weight excluding hydrogens is 337 g/mol. The van der Waals surface area contributed by atoms with Gasteiger partial charge in [-0.15, -0.1) is 13.7 Å². The summed E-state index contributed by atoms with van der Waals surface area (Å²) in [6.07, 6.45) is 21.0. The van der Waals surface area contributed by atoms with Gasteiger partial charge in [-0.25, -0.2) is 0 Å². The lowest BCUT2D eigenvalue weighted by molar-refractivity contribution is 0.360. The summed E-state index contributed by atoms with van der Waals surface area (Å²) in [6, 6.07) is 0. The lowest BCUT2D eigenvalue weighted by Gasteiger charge is -2.17. The summed E-state index contributed by atoms with van der Waals surface area (Å²) < 4.78 is 2.05. The molecule has 0 amide bonds. The number of nitrogens with zero attached hydrogens (tertiary/aromatic N) is 3. The maximum atomic E-state index is 4.33. The van der Waals surface area contributed by atoms with Crippen LogP contribution >= 0.6 is 8.58 Å². The Labute approximate surface area is 164 Å². The number of hydrogen-bond donors (Lipinski definition) is 0. The van der Waals surface area contributed by atoms with E-state index in [1.54, 1.807) is 0 Å². The molecule has 1 rings (SSSR count). The molecule has 0 radical (unpaired) electrons. The highest BCUT2D eigenvalue weighted by molar-refractivity contribution is 7.37. The van der Waals surface area contributed by atoms with E-state index < -0.39 is 0 Å². The molecule has 0 aromatic carbocycles. The summed E-state index contributed by atoms with van der Waals surface area (Å²) in [4.78, 5) is 0. The van der Waals surface area contributed by atoms with Gasteiger partial charge in [0.2, 0.25) is 0 Å². The minimum Gasteiger partial charge on any atom is -0.252 e. The topological polar surface area (TPSA) is 30.7 Å². The highest BCUT2D eigenvalue weighted by Gasteiger charge is 2.09. The number of aryl methyl sites for hydroxylation is 2. The molecule has 0 bridgehead atoms. The molecule has 0 aliphatic carbocycles. The Morgan fingerprint density at radius 1 is 0.885 bits per heavy atom. The van der Waals surface area contributed by atoms with Gasteiger partial charge in [-0.1, -0.05) is 77.9 Å². The largest absolute Gasteiger partial charge is 0.252 e. The normalized spacial score (nSPS) is 12.5. The maximum absolute atomic E-state index is 4.33. The van der Waals surface area contributed by atoms with Crippen LogP contribution in [-0.4, -0.2) is 27.3 Å². The molecule has 0 aliphatic rings. The van der Waals surface area contributed by atoms with Crippen molar-refractivity contribution in [1.82, 2.24) is 15.0 Å². The van der Waals surface area contributed by atoms with Gasteiger partial charge < -0.3 is 0 Å². The SMILES string of the molecule is CCPCCCCCCCCCCn1cc(CCCCC(C)(C)C)nn1. The number of aromatic nitrogens is 3. The quantitative estimate of drug-likeness (QED) is 0.231. The Kier molecular flexibility index (Phi) is 13.3. The van der Waals surface area contributed by atoms with Gasteiger partial charge in [-0.2, -0.15) is 0 Å². The molecule has 1 unspecified atom stereocenters. The third-order valence-electron chi connectivity index (χ3n) is 4.94. The zero-order valence-electron chi connectivity index (χ0n) is 18.0. The standard InChI is InChI=1S/C22H44N3P/c1-5-26-19-15-11-9-7-6-8-10-14-18-25-20-21(23-24-25)16-12-13-17-22(2,3)4/h20,26H,5-19H2,1-4H3. The van der Waals surface area contributed by atoms with E-state index in [0.29, 0.717) is 5.41 Å². The molecule has 1 heterocycles. The zero-order valence-corrected chi connectivity index (χ0v) is 19.0. The van der Waals surface area contributed by atoms with Crippen molar-refractivity contribution in [2.24, 2.45) is 5.41 Å². The van der Waals surface area contributed by atoms with E-state index in [1.807, 2.05) is 4.68 Å². The first-order valence-electron chi connectivity index (χ1n) is 11.1. The highest BCUT2D eigenvalue weighted by Crippen LogP contribution is 2.22. The van der Waals surface area contributed by atoms with Crippen LogP contribution in [-0.2, 0) is 13.0 Å². The Balaban J connectivity index is 1.94. The van der Waals surface area contributed by atoms with E-state index in [9.17, 15) is 0 Å². The second-order valence-corrected chi connectivity index (χ2v) is 10.6. The third kappa shape index (κ3) is 13.7. The average molecular weight is 382 g/mol. The van der Waals surface area contributed by atoms with Gasteiger partial charge in [0.1, 0.15) is 0 Å². The zero-order chi connectivity index (χ0) is 19.1. The van der Waals surface area contributed by atoms with E-state index in [2.05, 4.69) is 44.2 Å². The van der Waals surface area contributed by atoms with E-state index in [4.69, 9.17) is 0 Å². The molecule has 0 saturated heterocycles. The van der Waals surface area contributed by atoms with Gasteiger partial charge in [-0.05, 0) is 49.8 Å². The fourth-order valence-electron chi connectivity index (χ4n) is 3.29. The van der Waals surface area contributed by atoms with Crippen molar-refractivity contribution >= 4 is 8.58 Å². The molecule has 0 N–H and O–H groups in total. The Morgan fingerprint density at radius 2 is 1.54 bits per heavy atom. The molecule has 0 saturated carbocycles. The monoisotopic (exact) mass is 381 g/mol. The summed E-state index contributed by atoms with van der Waals surface area (Å²) in [7, 11) is 1.20. The summed E-state index contributed by atoms with van der Waals surface area (Å²) in [5, 5.41) is 8.63. The Hall–Kier alpha value is -0.430. The molecule has 0 spiro atoms. The fraction of sp³-hybridized carbons (Fsp3) is 0.909. The Bertz CT molecular complexity index is 437. The summed E-state index contributed by atoms with van der Waals surface area (Å²) in [5.41, 5.74) is 1.62. The second kappa shape index (κ2) is 14.6. The molecule has 0 aliphatic heterocycles. The predicted octanol–water partition coefficient (Wildman–Crippen LogP) is 6.86. The lowest BCUT2D eigenvalue weighted by Crippen LogP contribution is -2.04. The third-order valence-corrected chi connectivity index (χ3v) is 6.14. The summed E-state index contributed by atoms with van der Waals surface area (Å²) >= 11 is 0. The molecule has 4 heteroatoms. The van der Waals surface area contributed by atoms with E-state index >= 15 is 0 Å². The van der Waals surface area contributed by atoms with Gasteiger partial charge in [0.05, 0.1) is 5.69 Å².